The van der Waals surface area contributed by atoms with E-state index in [-0.39, 0.29) is 41.9 Å². The van der Waals surface area contributed by atoms with Crippen molar-refractivity contribution >= 4 is 11.6 Å². The number of hydrogen-bond donors (Lipinski definition) is 4. The molecule has 6 atom stereocenters. The summed E-state index contributed by atoms with van der Waals surface area (Å²) in [5.41, 5.74) is 4.19. The quantitative estimate of drug-likeness (QED) is 0.533. The van der Waals surface area contributed by atoms with Crippen LogP contribution >= 0.6 is 0 Å². The van der Waals surface area contributed by atoms with Crippen molar-refractivity contribution in [3.63, 3.8) is 0 Å². The first-order valence-corrected chi connectivity index (χ1v) is 11.2. The highest BCUT2D eigenvalue weighted by Gasteiger charge is 2.51. The largest absolute Gasteiger partial charge is 0.407 e. The number of nitriles is 1. The average Bonchev–Trinajstić information content (AvgIpc) is 3.37. The number of fused-ring (bicyclic) bond motifs is 1. The highest BCUT2D eigenvalue weighted by atomic mass is 19.4. The summed E-state index contributed by atoms with van der Waals surface area (Å²) < 4.78 is 40.0. The summed E-state index contributed by atoms with van der Waals surface area (Å²) in [6.07, 6.45) is -1.26. The van der Waals surface area contributed by atoms with Crippen LogP contribution in [0.4, 0.5) is 18.9 Å². The van der Waals surface area contributed by atoms with Gasteiger partial charge in [0.15, 0.2) is 0 Å². The Morgan fingerprint density at radius 2 is 1.97 bits per heavy atom. The van der Waals surface area contributed by atoms with Gasteiger partial charge >= 0.3 is 6.18 Å². The highest BCUT2D eigenvalue weighted by Crippen LogP contribution is 2.38. The summed E-state index contributed by atoms with van der Waals surface area (Å²) >= 11 is 0. The Hall–Kier alpha value is -2.35. The van der Waals surface area contributed by atoms with Gasteiger partial charge in [0.1, 0.15) is 12.2 Å². The standard InChI is InChI=1S/C22H29F3N6O/c1-2-27-19(22(23,24)25)13-6-8-15(9-7-13)29-20-18-17(10-11-28-21(18)32)31(30-20)16-5-3-4-14(16)12-26/h6-9,14,16-20,27,29-30H,2-5,10-11H2,1H3,(H,28,32)/t14-,16+,17?,18?,19?,20?/m1/s1. The van der Waals surface area contributed by atoms with Crippen molar-refractivity contribution < 1.29 is 18.0 Å². The second-order valence-electron chi connectivity index (χ2n) is 8.72. The van der Waals surface area contributed by atoms with Gasteiger partial charge in [-0.25, -0.2) is 10.4 Å². The number of anilines is 1. The molecule has 1 amide bonds. The zero-order chi connectivity index (χ0) is 22.9. The molecule has 0 aromatic heterocycles. The van der Waals surface area contributed by atoms with Gasteiger partial charge in [0.05, 0.1) is 17.9 Å². The molecule has 7 nitrogen and oxygen atoms in total. The van der Waals surface area contributed by atoms with Crippen molar-refractivity contribution in [3.8, 4) is 6.07 Å². The number of hydrogen-bond acceptors (Lipinski definition) is 6. The first-order valence-electron chi connectivity index (χ1n) is 11.2. The van der Waals surface area contributed by atoms with E-state index in [1.165, 1.54) is 12.1 Å². The number of amides is 1. The maximum atomic E-state index is 13.3. The van der Waals surface area contributed by atoms with Crippen LogP contribution in [0.3, 0.4) is 0 Å². The number of carbonyl (C=O) groups is 1. The second-order valence-corrected chi connectivity index (χ2v) is 8.72. The highest BCUT2D eigenvalue weighted by molar-refractivity contribution is 5.82. The Bertz CT molecular complexity index is 855. The number of carbonyl (C=O) groups excluding carboxylic acids is 1. The van der Waals surface area contributed by atoms with E-state index >= 15 is 0 Å². The van der Waals surface area contributed by atoms with Gasteiger partial charge in [-0.15, -0.1) is 0 Å². The Labute approximate surface area is 185 Å². The van der Waals surface area contributed by atoms with E-state index in [1.807, 2.05) is 0 Å². The van der Waals surface area contributed by atoms with Crippen molar-refractivity contribution in [1.82, 2.24) is 21.1 Å². The molecule has 2 heterocycles. The minimum absolute atomic E-state index is 0.0252. The molecule has 174 valence electrons. The maximum absolute atomic E-state index is 13.3. The summed E-state index contributed by atoms with van der Waals surface area (Å²) in [4.78, 5) is 12.7. The number of alkyl halides is 3. The van der Waals surface area contributed by atoms with Crippen LogP contribution in [0.25, 0.3) is 0 Å². The van der Waals surface area contributed by atoms with Gasteiger partial charge in [0, 0.05) is 24.3 Å². The van der Waals surface area contributed by atoms with Crippen LogP contribution in [-0.4, -0.2) is 48.4 Å². The first-order chi connectivity index (χ1) is 15.3. The fraction of sp³-hybridized carbons (Fsp3) is 0.636. The van der Waals surface area contributed by atoms with Crippen LogP contribution in [-0.2, 0) is 4.79 Å². The maximum Gasteiger partial charge on any atom is 0.407 e. The van der Waals surface area contributed by atoms with Gasteiger partial charge in [-0.3, -0.25) is 4.79 Å². The van der Waals surface area contributed by atoms with Gasteiger partial charge in [-0.1, -0.05) is 25.5 Å². The number of nitrogens with zero attached hydrogens (tertiary/aromatic N) is 2. The molecule has 3 fully saturated rings. The molecule has 4 rings (SSSR count). The van der Waals surface area contributed by atoms with E-state index in [9.17, 15) is 23.2 Å². The lowest BCUT2D eigenvalue weighted by Crippen LogP contribution is -2.52. The predicted octanol–water partition coefficient (Wildman–Crippen LogP) is 2.65. The van der Waals surface area contributed by atoms with E-state index < -0.39 is 18.4 Å². The molecule has 1 aromatic carbocycles. The Balaban J connectivity index is 1.52. The fourth-order valence-electron chi connectivity index (χ4n) is 5.30. The third-order valence-corrected chi connectivity index (χ3v) is 6.77. The van der Waals surface area contributed by atoms with Gasteiger partial charge in [0.2, 0.25) is 5.91 Å². The van der Waals surface area contributed by atoms with Crippen molar-refractivity contribution in [2.45, 2.75) is 63.1 Å². The van der Waals surface area contributed by atoms with E-state index in [2.05, 4.69) is 32.5 Å². The van der Waals surface area contributed by atoms with E-state index in [4.69, 9.17) is 0 Å². The van der Waals surface area contributed by atoms with Crippen molar-refractivity contribution in [2.75, 3.05) is 18.4 Å². The van der Waals surface area contributed by atoms with Crippen LogP contribution in [0, 0.1) is 23.2 Å². The molecular weight excluding hydrogens is 421 g/mol. The SMILES string of the molecule is CCNC(c1ccc(NC2NN([C@H]3CCC[C@@H]3C#N)C3CCNC(=O)C23)cc1)C(F)(F)F. The lowest BCUT2D eigenvalue weighted by Gasteiger charge is -2.35. The Morgan fingerprint density at radius 3 is 2.62 bits per heavy atom. The lowest BCUT2D eigenvalue weighted by atomic mass is 9.90. The minimum atomic E-state index is -4.38. The molecule has 10 heteroatoms. The van der Waals surface area contributed by atoms with Gasteiger partial charge in [-0.05, 0) is 43.5 Å². The summed E-state index contributed by atoms with van der Waals surface area (Å²) in [5, 5.41) is 20.3. The van der Waals surface area contributed by atoms with Crippen LogP contribution in [0.5, 0.6) is 0 Å². The third-order valence-electron chi connectivity index (χ3n) is 6.77. The lowest BCUT2D eigenvalue weighted by molar-refractivity contribution is -0.157. The number of rotatable bonds is 6. The minimum Gasteiger partial charge on any atom is -0.368 e. The molecule has 2 aliphatic heterocycles. The van der Waals surface area contributed by atoms with Gasteiger partial charge in [0.25, 0.3) is 0 Å². The van der Waals surface area contributed by atoms with Gasteiger partial charge < -0.3 is 16.0 Å². The number of hydrazine groups is 1. The smallest absolute Gasteiger partial charge is 0.368 e. The zero-order valence-corrected chi connectivity index (χ0v) is 18.0. The summed E-state index contributed by atoms with van der Waals surface area (Å²) in [6, 6.07) is 6.84. The van der Waals surface area contributed by atoms with E-state index in [1.54, 1.807) is 19.1 Å². The zero-order valence-electron chi connectivity index (χ0n) is 18.0. The molecule has 4 unspecified atom stereocenters. The molecule has 2 saturated heterocycles. The molecule has 4 N–H and O–H groups in total. The fourth-order valence-corrected chi connectivity index (χ4v) is 5.30. The molecular formula is C22H29F3N6O. The number of halogens is 3. The second kappa shape index (κ2) is 9.25. The number of nitrogens with one attached hydrogen (secondary N) is 4. The predicted molar refractivity (Wildman–Crippen MR) is 113 cm³/mol. The third kappa shape index (κ3) is 4.42. The van der Waals surface area contributed by atoms with Gasteiger partial charge in [-0.2, -0.15) is 18.4 Å². The molecule has 32 heavy (non-hydrogen) atoms. The average molecular weight is 451 g/mol. The molecule has 1 aromatic rings. The topological polar surface area (TPSA) is 92.2 Å². The summed E-state index contributed by atoms with van der Waals surface area (Å²) in [6.45, 7) is 2.43. The number of benzene rings is 1. The summed E-state index contributed by atoms with van der Waals surface area (Å²) in [5.74, 6) is -0.481. The monoisotopic (exact) mass is 450 g/mol. The molecule has 0 bridgehead atoms. The molecule has 3 aliphatic rings. The summed E-state index contributed by atoms with van der Waals surface area (Å²) in [7, 11) is 0. The Morgan fingerprint density at radius 1 is 1.22 bits per heavy atom. The van der Waals surface area contributed by atoms with E-state index in [0.29, 0.717) is 12.2 Å². The first kappa shape index (κ1) is 22.8. The molecule has 1 saturated carbocycles. The molecule has 0 radical (unpaired) electrons. The van der Waals surface area contributed by atoms with E-state index in [0.717, 1.165) is 25.7 Å². The van der Waals surface area contributed by atoms with Crippen LogP contribution in [0.2, 0.25) is 0 Å². The van der Waals surface area contributed by atoms with Crippen LogP contribution in [0.1, 0.15) is 44.2 Å². The normalized spacial score (nSPS) is 31.6. The molecule has 0 spiro atoms. The Kier molecular flexibility index (Phi) is 6.60. The molecule has 1 aliphatic carbocycles. The number of piperidine rings is 1. The van der Waals surface area contributed by atoms with Crippen molar-refractivity contribution in [3.05, 3.63) is 29.8 Å². The van der Waals surface area contributed by atoms with Crippen molar-refractivity contribution in [1.29, 1.82) is 5.26 Å². The van der Waals surface area contributed by atoms with Crippen LogP contribution in [0.15, 0.2) is 24.3 Å². The van der Waals surface area contributed by atoms with Crippen LogP contribution < -0.4 is 21.4 Å². The van der Waals surface area contributed by atoms with Crippen molar-refractivity contribution in [2.24, 2.45) is 11.8 Å².